The van der Waals surface area contributed by atoms with Crippen LogP contribution in [-0.4, -0.2) is 17.2 Å². The molecule has 0 bridgehead atoms. The highest BCUT2D eigenvalue weighted by molar-refractivity contribution is 9.10. The summed E-state index contributed by atoms with van der Waals surface area (Å²) in [4.78, 5) is 4.10. The number of aromatic hydroxyl groups is 1. The van der Waals surface area contributed by atoms with Gasteiger partial charge in [0.15, 0.2) is 0 Å². The van der Waals surface area contributed by atoms with Gasteiger partial charge < -0.3 is 15.2 Å². The Bertz CT molecular complexity index is 529. The molecule has 2 N–H and O–H groups in total. The minimum absolute atomic E-state index is 0.172. The highest BCUT2D eigenvalue weighted by Crippen LogP contribution is 2.27. The van der Waals surface area contributed by atoms with Crippen LogP contribution < -0.4 is 10.1 Å². The molecule has 1 aromatic heterocycles. The Hall–Kier alpha value is -1.75. The number of ether oxygens (including phenoxy) is 1. The van der Waals surface area contributed by atoms with E-state index < -0.39 is 0 Å². The average molecular weight is 309 g/mol. The average Bonchev–Trinajstić information content (AvgIpc) is 2.38. The van der Waals surface area contributed by atoms with Crippen molar-refractivity contribution in [1.82, 2.24) is 4.98 Å². The zero-order valence-electron chi connectivity index (χ0n) is 9.85. The lowest BCUT2D eigenvalue weighted by Gasteiger charge is -2.08. The van der Waals surface area contributed by atoms with Crippen LogP contribution in [0.2, 0.25) is 0 Å². The lowest BCUT2D eigenvalue weighted by Crippen LogP contribution is -2.01. The molecular formula is C13H13BrN2O2. The molecule has 5 heteroatoms. The van der Waals surface area contributed by atoms with E-state index in [-0.39, 0.29) is 5.75 Å². The number of nitrogens with one attached hydrogen (secondary N) is 1. The summed E-state index contributed by atoms with van der Waals surface area (Å²) < 4.78 is 6.06. The van der Waals surface area contributed by atoms with Gasteiger partial charge in [0, 0.05) is 5.69 Å². The molecule has 2 rings (SSSR count). The van der Waals surface area contributed by atoms with Crippen LogP contribution in [0.25, 0.3) is 0 Å². The Labute approximate surface area is 114 Å². The number of hydrogen-bond acceptors (Lipinski definition) is 4. The van der Waals surface area contributed by atoms with Gasteiger partial charge in [0.25, 0.3) is 0 Å². The fraction of sp³-hybridized carbons (Fsp3) is 0.154. The van der Waals surface area contributed by atoms with Gasteiger partial charge in [-0.2, -0.15) is 0 Å². The van der Waals surface area contributed by atoms with Crippen molar-refractivity contribution in [2.75, 3.05) is 12.4 Å². The maximum Gasteiger partial charge on any atom is 0.133 e. The van der Waals surface area contributed by atoms with Crippen LogP contribution in [0, 0.1) is 0 Å². The lowest BCUT2D eigenvalue weighted by atomic mass is 10.3. The summed E-state index contributed by atoms with van der Waals surface area (Å²) in [6.07, 6.45) is 1.43. The van der Waals surface area contributed by atoms with Crippen LogP contribution in [0.15, 0.2) is 41.0 Å². The van der Waals surface area contributed by atoms with Crippen LogP contribution in [0.4, 0.5) is 5.69 Å². The van der Waals surface area contributed by atoms with E-state index in [9.17, 15) is 0 Å². The Kier molecular flexibility index (Phi) is 4.04. The number of rotatable bonds is 4. The highest BCUT2D eigenvalue weighted by Gasteiger charge is 2.01. The summed E-state index contributed by atoms with van der Waals surface area (Å²) in [7, 11) is 1.63. The molecule has 0 aliphatic rings. The molecule has 2 aromatic rings. The molecule has 0 saturated carbocycles. The van der Waals surface area contributed by atoms with Gasteiger partial charge in [-0.05, 0) is 46.3 Å². The van der Waals surface area contributed by atoms with Gasteiger partial charge >= 0.3 is 0 Å². The second-order valence-electron chi connectivity index (χ2n) is 3.71. The molecule has 1 aromatic carbocycles. The van der Waals surface area contributed by atoms with Crippen molar-refractivity contribution in [2.24, 2.45) is 0 Å². The maximum absolute atomic E-state index is 9.13. The van der Waals surface area contributed by atoms with E-state index >= 15 is 0 Å². The number of halogens is 1. The SMILES string of the molecule is COc1ccc(NCc2ccc(O)cn2)cc1Br. The quantitative estimate of drug-likeness (QED) is 0.911. The second-order valence-corrected chi connectivity index (χ2v) is 4.56. The van der Waals surface area contributed by atoms with E-state index in [1.807, 2.05) is 18.2 Å². The largest absolute Gasteiger partial charge is 0.506 e. The molecular weight excluding hydrogens is 296 g/mol. The normalized spacial score (nSPS) is 10.1. The number of hydrogen-bond donors (Lipinski definition) is 2. The van der Waals surface area contributed by atoms with Gasteiger partial charge in [-0.15, -0.1) is 0 Å². The predicted octanol–water partition coefficient (Wildman–Crippen LogP) is 3.17. The van der Waals surface area contributed by atoms with E-state index in [1.165, 1.54) is 6.20 Å². The third-order valence-electron chi connectivity index (χ3n) is 2.43. The standard InChI is InChI=1S/C13H13BrN2O2/c1-18-13-5-3-9(6-12(13)14)15-7-10-2-4-11(17)8-16-10/h2-6,8,15,17H,7H2,1H3. The van der Waals surface area contributed by atoms with Crippen molar-refractivity contribution < 1.29 is 9.84 Å². The number of methoxy groups -OCH3 is 1. The highest BCUT2D eigenvalue weighted by atomic mass is 79.9. The molecule has 94 valence electrons. The first kappa shape index (κ1) is 12.7. The first-order valence-electron chi connectivity index (χ1n) is 5.40. The predicted molar refractivity (Wildman–Crippen MR) is 73.9 cm³/mol. The van der Waals surface area contributed by atoms with Crippen molar-refractivity contribution in [3.05, 3.63) is 46.7 Å². The minimum atomic E-state index is 0.172. The summed E-state index contributed by atoms with van der Waals surface area (Å²) in [5, 5.41) is 12.4. The Morgan fingerprint density at radius 1 is 1.33 bits per heavy atom. The molecule has 0 spiro atoms. The molecule has 0 fully saturated rings. The number of pyridine rings is 1. The van der Waals surface area contributed by atoms with E-state index in [0.717, 1.165) is 21.6 Å². The molecule has 0 unspecified atom stereocenters. The van der Waals surface area contributed by atoms with Crippen LogP contribution >= 0.6 is 15.9 Å². The molecule has 1 heterocycles. The first-order chi connectivity index (χ1) is 8.69. The van der Waals surface area contributed by atoms with Gasteiger partial charge in [0.2, 0.25) is 0 Å². The summed E-state index contributed by atoms with van der Waals surface area (Å²) in [6.45, 7) is 0.596. The fourth-order valence-electron chi connectivity index (χ4n) is 1.49. The zero-order chi connectivity index (χ0) is 13.0. The topological polar surface area (TPSA) is 54.4 Å². The number of anilines is 1. The zero-order valence-corrected chi connectivity index (χ0v) is 11.4. The van der Waals surface area contributed by atoms with Gasteiger partial charge in [-0.25, -0.2) is 0 Å². The molecule has 0 atom stereocenters. The van der Waals surface area contributed by atoms with Gasteiger partial charge in [-0.3, -0.25) is 4.98 Å². The molecule has 0 amide bonds. The Morgan fingerprint density at radius 2 is 2.17 bits per heavy atom. The third kappa shape index (κ3) is 3.13. The first-order valence-corrected chi connectivity index (χ1v) is 6.19. The monoisotopic (exact) mass is 308 g/mol. The van der Waals surface area contributed by atoms with Crippen molar-refractivity contribution in [2.45, 2.75) is 6.54 Å². The molecule has 18 heavy (non-hydrogen) atoms. The number of nitrogens with zero attached hydrogens (tertiary/aromatic N) is 1. The van der Waals surface area contributed by atoms with Crippen molar-refractivity contribution in [3.63, 3.8) is 0 Å². The van der Waals surface area contributed by atoms with Crippen LogP contribution in [-0.2, 0) is 6.54 Å². The van der Waals surface area contributed by atoms with Crippen molar-refractivity contribution >= 4 is 21.6 Å². The summed E-state index contributed by atoms with van der Waals surface area (Å²) >= 11 is 3.43. The van der Waals surface area contributed by atoms with Crippen LogP contribution in [0.3, 0.4) is 0 Å². The summed E-state index contributed by atoms with van der Waals surface area (Å²) in [5.41, 5.74) is 1.83. The molecule has 0 aliphatic heterocycles. The number of benzene rings is 1. The molecule has 0 radical (unpaired) electrons. The van der Waals surface area contributed by atoms with Crippen molar-refractivity contribution in [3.8, 4) is 11.5 Å². The van der Waals surface area contributed by atoms with Gasteiger partial charge in [0.05, 0.1) is 30.0 Å². The summed E-state index contributed by atoms with van der Waals surface area (Å²) in [5.74, 6) is 0.967. The molecule has 0 aliphatic carbocycles. The van der Waals surface area contributed by atoms with Crippen molar-refractivity contribution in [1.29, 1.82) is 0 Å². The van der Waals surface area contributed by atoms with E-state index in [2.05, 4.69) is 26.2 Å². The number of aromatic nitrogens is 1. The maximum atomic E-state index is 9.13. The van der Waals surface area contributed by atoms with Gasteiger partial charge in [0.1, 0.15) is 11.5 Å². The third-order valence-corrected chi connectivity index (χ3v) is 3.05. The molecule has 4 nitrogen and oxygen atoms in total. The second kappa shape index (κ2) is 5.73. The Morgan fingerprint density at radius 3 is 2.78 bits per heavy atom. The molecule has 0 saturated heterocycles. The smallest absolute Gasteiger partial charge is 0.133 e. The minimum Gasteiger partial charge on any atom is -0.506 e. The Balaban J connectivity index is 2.02. The van der Waals surface area contributed by atoms with Crippen LogP contribution in [0.5, 0.6) is 11.5 Å². The lowest BCUT2D eigenvalue weighted by molar-refractivity contribution is 0.412. The van der Waals surface area contributed by atoms with E-state index in [0.29, 0.717) is 6.54 Å². The fourth-order valence-corrected chi connectivity index (χ4v) is 2.03. The van der Waals surface area contributed by atoms with E-state index in [4.69, 9.17) is 9.84 Å². The van der Waals surface area contributed by atoms with E-state index in [1.54, 1.807) is 19.2 Å². The summed E-state index contributed by atoms with van der Waals surface area (Å²) in [6, 6.07) is 9.16. The van der Waals surface area contributed by atoms with Crippen LogP contribution in [0.1, 0.15) is 5.69 Å². The van der Waals surface area contributed by atoms with Gasteiger partial charge in [-0.1, -0.05) is 0 Å².